The minimum absolute atomic E-state index is 0.000984. The molecular weight excluding hydrogens is 332 g/mol. The van der Waals surface area contributed by atoms with E-state index in [1.165, 1.54) is 5.69 Å². The van der Waals surface area contributed by atoms with Crippen molar-refractivity contribution in [2.45, 2.75) is 18.4 Å². The predicted molar refractivity (Wildman–Crippen MR) is 100 cm³/mol. The van der Waals surface area contributed by atoms with Gasteiger partial charge in [-0.2, -0.15) is 0 Å². The average molecular weight is 360 g/mol. The highest BCUT2D eigenvalue weighted by molar-refractivity contribution is 5.78. The number of benzene rings is 1. The zero-order valence-electron chi connectivity index (χ0n) is 15.6. The van der Waals surface area contributed by atoms with Crippen LogP contribution in [0.2, 0.25) is 0 Å². The lowest BCUT2D eigenvalue weighted by molar-refractivity contribution is -0.158. The number of amides is 3. The number of urea groups is 1. The van der Waals surface area contributed by atoms with Gasteiger partial charge in [-0.1, -0.05) is 18.2 Å². The first kappa shape index (κ1) is 18.5. The fourth-order valence-corrected chi connectivity index (χ4v) is 3.59. The molecule has 1 aromatic carbocycles. The molecule has 0 aliphatic carbocycles. The van der Waals surface area contributed by atoms with Gasteiger partial charge in [-0.25, -0.2) is 4.79 Å². The molecule has 1 unspecified atom stereocenters. The van der Waals surface area contributed by atoms with Crippen LogP contribution >= 0.6 is 0 Å². The Morgan fingerprint density at radius 2 is 2.08 bits per heavy atom. The van der Waals surface area contributed by atoms with E-state index >= 15 is 0 Å². The number of rotatable bonds is 5. The van der Waals surface area contributed by atoms with Crippen molar-refractivity contribution >= 4 is 17.6 Å². The SMILES string of the molecule is CN1CC2(CCN(C(=O)NCCCN(C)c3ccccc3)C2)OCC1=O. The zero-order chi connectivity index (χ0) is 18.6. The highest BCUT2D eigenvalue weighted by Crippen LogP contribution is 2.29. The highest BCUT2D eigenvalue weighted by atomic mass is 16.5. The van der Waals surface area contributed by atoms with Crippen LogP contribution in [0.5, 0.6) is 0 Å². The Hall–Kier alpha value is -2.28. The lowest BCUT2D eigenvalue weighted by atomic mass is 10.0. The molecule has 0 radical (unpaired) electrons. The van der Waals surface area contributed by atoms with E-state index < -0.39 is 5.60 Å². The van der Waals surface area contributed by atoms with Crippen LogP contribution in [0.4, 0.5) is 10.5 Å². The highest BCUT2D eigenvalue weighted by Gasteiger charge is 2.45. The van der Waals surface area contributed by atoms with Gasteiger partial charge in [0.2, 0.25) is 5.91 Å². The van der Waals surface area contributed by atoms with Gasteiger partial charge in [0.25, 0.3) is 0 Å². The Balaban J connectivity index is 1.39. The number of nitrogens with one attached hydrogen (secondary N) is 1. The number of hydrogen-bond acceptors (Lipinski definition) is 4. The number of carbonyl (C=O) groups excluding carboxylic acids is 2. The largest absolute Gasteiger partial charge is 0.375 e. The van der Waals surface area contributed by atoms with Crippen LogP contribution in [0.3, 0.4) is 0 Å². The van der Waals surface area contributed by atoms with Crippen molar-refractivity contribution in [3.63, 3.8) is 0 Å². The van der Waals surface area contributed by atoms with E-state index in [4.69, 9.17) is 4.74 Å². The third-order valence-corrected chi connectivity index (χ3v) is 5.20. The first-order chi connectivity index (χ1) is 12.5. The zero-order valence-corrected chi connectivity index (χ0v) is 15.6. The van der Waals surface area contributed by atoms with Gasteiger partial charge in [0, 0.05) is 39.4 Å². The molecule has 1 spiro atoms. The van der Waals surface area contributed by atoms with Crippen molar-refractivity contribution < 1.29 is 14.3 Å². The fourth-order valence-electron chi connectivity index (χ4n) is 3.59. The lowest BCUT2D eigenvalue weighted by Crippen LogP contribution is -2.55. The van der Waals surface area contributed by atoms with E-state index in [0.29, 0.717) is 26.2 Å². The van der Waals surface area contributed by atoms with Crippen LogP contribution < -0.4 is 10.2 Å². The molecule has 0 aromatic heterocycles. The van der Waals surface area contributed by atoms with Crippen LogP contribution in [-0.4, -0.2) is 80.8 Å². The van der Waals surface area contributed by atoms with Crippen LogP contribution in [0.1, 0.15) is 12.8 Å². The first-order valence-electron chi connectivity index (χ1n) is 9.16. The second-order valence-corrected chi connectivity index (χ2v) is 7.24. The number of ether oxygens (including phenoxy) is 1. The summed E-state index contributed by atoms with van der Waals surface area (Å²) in [6.07, 6.45) is 1.65. The van der Waals surface area contributed by atoms with Gasteiger partial charge in [0.05, 0.1) is 13.1 Å². The van der Waals surface area contributed by atoms with Crippen molar-refractivity contribution in [3.8, 4) is 0 Å². The Morgan fingerprint density at radius 1 is 1.31 bits per heavy atom. The summed E-state index contributed by atoms with van der Waals surface area (Å²) in [5, 5.41) is 3.00. The summed E-state index contributed by atoms with van der Waals surface area (Å²) in [6, 6.07) is 10.2. The molecule has 3 rings (SSSR count). The summed E-state index contributed by atoms with van der Waals surface area (Å²) < 4.78 is 5.78. The van der Waals surface area contributed by atoms with Gasteiger partial charge in [0.15, 0.2) is 0 Å². The summed E-state index contributed by atoms with van der Waals surface area (Å²) in [6.45, 7) is 3.39. The average Bonchev–Trinajstić information content (AvgIpc) is 3.06. The maximum absolute atomic E-state index is 12.4. The van der Waals surface area contributed by atoms with Gasteiger partial charge in [0.1, 0.15) is 12.2 Å². The Bertz CT molecular complexity index is 639. The molecule has 2 aliphatic heterocycles. The van der Waals surface area contributed by atoms with Gasteiger partial charge in [-0.15, -0.1) is 0 Å². The van der Waals surface area contributed by atoms with Crippen LogP contribution in [0, 0.1) is 0 Å². The summed E-state index contributed by atoms with van der Waals surface area (Å²) in [4.78, 5) is 29.7. The van der Waals surface area contributed by atoms with Crippen LogP contribution in [-0.2, 0) is 9.53 Å². The van der Waals surface area contributed by atoms with Crippen molar-refractivity contribution in [2.75, 3.05) is 58.3 Å². The standard InChI is InChI=1S/C19H28N4O3/c1-21(16-7-4-3-5-8-16)11-6-10-20-18(25)23-12-9-19(15-23)14-22(2)17(24)13-26-19/h3-5,7-8H,6,9-15H2,1-2H3,(H,20,25). The van der Waals surface area contributed by atoms with Crippen molar-refractivity contribution in [3.05, 3.63) is 30.3 Å². The molecule has 0 bridgehead atoms. The second kappa shape index (κ2) is 7.95. The van der Waals surface area contributed by atoms with E-state index in [2.05, 4.69) is 29.4 Å². The Morgan fingerprint density at radius 3 is 2.81 bits per heavy atom. The van der Waals surface area contributed by atoms with Crippen molar-refractivity contribution in [2.24, 2.45) is 0 Å². The monoisotopic (exact) mass is 360 g/mol. The van der Waals surface area contributed by atoms with E-state index in [1.807, 2.05) is 18.2 Å². The number of hydrogen-bond donors (Lipinski definition) is 1. The van der Waals surface area contributed by atoms with Gasteiger partial charge < -0.3 is 24.8 Å². The number of carbonyl (C=O) groups is 2. The minimum atomic E-state index is -0.395. The molecule has 1 aromatic rings. The molecule has 2 fully saturated rings. The molecule has 26 heavy (non-hydrogen) atoms. The van der Waals surface area contributed by atoms with Crippen molar-refractivity contribution in [1.29, 1.82) is 0 Å². The fraction of sp³-hybridized carbons (Fsp3) is 0.579. The normalized spacial score (nSPS) is 22.8. The molecule has 1 atom stereocenters. The van der Waals surface area contributed by atoms with Gasteiger partial charge in [-0.05, 0) is 25.0 Å². The molecule has 1 N–H and O–H groups in total. The molecule has 2 heterocycles. The van der Waals surface area contributed by atoms with E-state index in [-0.39, 0.29) is 18.5 Å². The van der Waals surface area contributed by atoms with Gasteiger partial charge >= 0.3 is 6.03 Å². The molecular formula is C19H28N4O3. The number of likely N-dealkylation sites (N-methyl/N-ethyl adjacent to an activating group) is 1. The third kappa shape index (κ3) is 4.27. The third-order valence-electron chi connectivity index (χ3n) is 5.20. The number of morpholine rings is 1. The lowest BCUT2D eigenvalue weighted by Gasteiger charge is -2.38. The number of anilines is 1. The molecule has 7 heteroatoms. The smallest absolute Gasteiger partial charge is 0.317 e. The van der Waals surface area contributed by atoms with E-state index in [1.54, 1.807) is 16.8 Å². The maximum Gasteiger partial charge on any atom is 0.317 e. The second-order valence-electron chi connectivity index (χ2n) is 7.24. The summed E-state index contributed by atoms with van der Waals surface area (Å²) >= 11 is 0. The molecule has 2 aliphatic rings. The number of likely N-dealkylation sites (tertiary alicyclic amines) is 1. The topological polar surface area (TPSA) is 65.1 Å². The van der Waals surface area contributed by atoms with E-state index in [0.717, 1.165) is 19.4 Å². The Labute approximate surface area is 154 Å². The molecule has 3 amide bonds. The predicted octanol–water partition coefficient (Wildman–Crippen LogP) is 1.16. The van der Waals surface area contributed by atoms with Crippen LogP contribution in [0.25, 0.3) is 0 Å². The van der Waals surface area contributed by atoms with Crippen LogP contribution in [0.15, 0.2) is 30.3 Å². The molecule has 142 valence electrons. The molecule has 0 saturated carbocycles. The molecule has 2 saturated heterocycles. The molecule has 7 nitrogen and oxygen atoms in total. The van der Waals surface area contributed by atoms with Crippen molar-refractivity contribution in [1.82, 2.24) is 15.1 Å². The minimum Gasteiger partial charge on any atom is -0.375 e. The summed E-state index contributed by atoms with van der Waals surface area (Å²) in [5.41, 5.74) is 0.779. The maximum atomic E-state index is 12.4. The quantitative estimate of drug-likeness (QED) is 0.800. The summed E-state index contributed by atoms with van der Waals surface area (Å²) in [7, 11) is 3.85. The number of nitrogens with zero attached hydrogens (tertiary/aromatic N) is 3. The van der Waals surface area contributed by atoms with E-state index in [9.17, 15) is 9.59 Å². The summed E-state index contributed by atoms with van der Waals surface area (Å²) in [5.74, 6) is 0.000984. The van der Waals surface area contributed by atoms with Gasteiger partial charge in [-0.3, -0.25) is 4.79 Å². The Kier molecular flexibility index (Phi) is 5.66. The number of para-hydroxylation sites is 1. The first-order valence-corrected chi connectivity index (χ1v) is 9.16.